The average molecular weight is 162 g/mol. The van der Waals surface area contributed by atoms with E-state index in [1.54, 1.807) is 0 Å². The fraction of sp³-hybridized carbons (Fsp3) is 0.500. The highest BCUT2D eigenvalue weighted by atomic mass is 16.4. The van der Waals surface area contributed by atoms with Crippen LogP contribution in [0.3, 0.4) is 0 Å². The normalized spacial score (nSPS) is 10.5. The standard InChI is InChI=1S/C3H6O3.C3H4O2/c1-2(4)3(5)6;1-3(5)2-4/h2,4H,1H3,(H,5,6);2H,1H3. The van der Waals surface area contributed by atoms with Gasteiger partial charge >= 0.3 is 5.97 Å². The van der Waals surface area contributed by atoms with Crippen molar-refractivity contribution in [3.63, 3.8) is 0 Å². The van der Waals surface area contributed by atoms with E-state index in [-0.39, 0.29) is 6.29 Å². The SMILES string of the molecule is CC(=O)C=O.CC(O)C(=O)O. The molecular formula is C6H10O5. The predicted molar refractivity (Wildman–Crippen MR) is 36.1 cm³/mol. The lowest BCUT2D eigenvalue weighted by molar-refractivity contribution is -0.145. The lowest BCUT2D eigenvalue weighted by Gasteiger charge is -1.89. The van der Waals surface area contributed by atoms with Crippen molar-refractivity contribution in [2.24, 2.45) is 0 Å². The predicted octanol–water partition coefficient (Wildman–Crippen LogP) is -0.774. The number of aldehydes is 1. The molecule has 1 atom stereocenters. The summed E-state index contributed by atoms with van der Waals surface area (Å²) in [6, 6.07) is 0. The fourth-order valence-electron chi connectivity index (χ4n) is 0. The summed E-state index contributed by atoms with van der Waals surface area (Å²) < 4.78 is 0. The van der Waals surface area contributed by atoms with E-state index in [1.165, 1.54) is 13.8 Å². The largest absolute Gasteiger partial charge is 0.479 e. The van der Waals surface area contributed by atoms with E-state index in [1.807, 2.05) is 0 Å². The minimum absolute atomic E-state index is 0.278. The molecule has 0 aliphatic rings. The second-order valence-electron chi connectivity index (χ2n) is 1.74. The lowest BCUT2D eigenvalue weighted by atomic mass is 10.4. The molecule has 1 unspecified atom stereocenters. The van der Waals surface area contributed by atoms with Crippen LogP contribution in [-0.4, -0.2) is 34.4 Å². The third kappa shape index (κ3) is 17.7. The first-order valence-corrected chi connectivity index (χ1v) is 2.78. The minimum Gasteiger partial charge on any atom is -0.479 e. The van der Waals surface area contributed by atoms with Crippen molar-refractivity contribution in [3.05, 3.63) is 0 Å². The first kappa shape index (κ1) is 12.4. The van der Waals surface area contributed by atoms with Crippen molar-refractivity contribution in [2.75, 3.05) is 0 Å². The molecule has 0 radical (unpaired) electrons. The second-order valence-corrected chi connectivity index (χ2v) is 1.74. The molecule has 0 aliphatic carbocycles. The van der Waals surface area contributed by atoms with Crippen LogP contribution in [0.4, 0.5) is 0 Å². The maximum absolute atomic E-state index is 9.45. The Kier molecular flexibility index (Phi) is 7.79. The van der Waals surface area contributed by atoms with Crippen LogP contribution < -0.4 is 0 Å². The third-order valence-electron chi connectivity index (χ3n) is 0.523. The van der Waals surface area contributed by atoms with Gasteiger partial charge in [0.1, 0.15) is 6.10 Å². The molecule has 0 spiro atoms. The Morgan fingerprint density at radius 1 is 1.45 bits per heavy atom. The van der Waals surface area contributed by atoms with Crippen LogP contribution in [0, 0.1) is 0 Å². The Morgan fingerprint density at radius 3 is 1.64 bits per heavy atom. The van der Waals surface area contributed by atoms with Crippen molar-refractivity contribution in [3.8, 4) is 0 Å². The number of aliphatic hydroxyl groups excluding tert-OH is 1. The molecule has 2 N–H and O–H groups in total. The van der Waals surface area contributed by atoms with Crippen LogP contribution in [0.15, 0.2) is 0 Å². The summed E-state index contributed by atoms with van der Waals surface area (Å²) in [5, 5.41) is 15.8. The molecular weight excluding hydrogens is 152 g/mol. The number of hydrogen-bond donors (Lipinski definition) is 2. The van der Waals surface area contributed by atoms with Gasteiger partial charge in [0.05, 0.1) is 0 Å². The van der Waals surface area contributed by atoms with E-state index in [0.29, 0.717) is 0 Å². The zero-order valence-corrected chi connectivity index (χ0v) is 6.27. The molecule has 0 bridgehead atoms. The van der Waals surface area contributed by atoms with Crippen LogP contribution in [0.1, 0.15) is 13.8 Å². The van der Waals surface area contributed by atoms with E-state index in [2.05, 4.69) is 0 Å². The summed E-state index contributed by atoms with van der Waals surface area (Å²) in [6.45, 7) is 2.41. The number of aliphatic hydroxyl groups is 1. The van der Waals surface area contributed by atoms with Gasteiger partial charge in [-0.15, -0.1) is 0 Å². The highest BCUT2D eigenvalue weighted by Crippen LogP contribution is 1.73. The maximum Gasteiger partial charge on any atom is 0.332 e. The summed E-state index contributed by atoms with van der Waals surface area (Å²) in [5.41, 5.74) is 0. The Labute approximate surface area is 63.6 Å². The number of Topliss-reactive ketones (excluding diaryl/α,β-unsaturated/α-hetero) is 1. The molecule has 0 aromatic carbocycles. The van der Waals surface area contributed by atoms with Gasteiger partial charge in [-0.3, -0.25) is 9.59 Å². The minimum atomic E-state index is -1.23. The van der Waals surface area contributed by atoms with Gasteiger partial charge in [0.25, 0.3) is 0 Å². The quantitative estimate of drug-likeness (QED) is 0.410. The second kappa shape index (κ2) is 6.88. The summed E-state index contributed by atoms with van der Waals surface area (Å²) in [6.07, 6.45) is -0.954. The molecule has 5 nitrogen and oxygen atoms in total. The van der Waals surface area contributed by atoms with Crippen molar-refractivity contribution < 1.29 is 24.6 Å². The van der Waals surface area contributed by atoms with Gasteiger partial charge in [-0.25, -0.2) is 4.79 Å². The van der Waals surface area contributed by atoms with Crippen LogP contribution >= 0.6 is 0 Å². The van der Waals surface area contributed by atoms with Gasteiger partial charge in [0, 0.05) is 6.92 Å². The summed E-state index contributed by atoms with van der Waals surface area (Å²) in [7, 11) is 0. The monoisotopic (exact) mass is 162 g/mol. The van der Waals surface area contributed by atoms with Gasteiger partial charge in [0.15, 0.2) is 12.1 Å². The number of carboxylic acid groups (broad SMARTS) is 1. The highest BCUT2D eigenvalue weighted by Gasteiger charge is 2.01. The molecule has 64 valence electrons. The Morgan fingerprint density at radius 2 is 1.64 bits per heavy atom. The molecule has 0 fully saturated rings. The van der Waals surface area contributed by atoms with Crippen LogP contribution in [0.25, 0.3) is 0 Å². The molecule has 0 amide bonds. The van der Waals surface area contributed by atoms with Crippen molar-refractivity contribution in [1.82, 2.24) is 0 Å². The lowest BCUT2D eigenvalue weighted by Crippen LogP contribution is -2.13. The van der Waals surface area contributed by atoms with Gasteiger partial charge in [-0.1, -0.05) is 0 Å². The van der Waals surface area contributed by atoms with Gasteiger partial charge < -0.3 is 10.2 Å². The van der Waals surface area contributed by atoms with Gasteiger partial charge in [0.2, 0.25) is 0 Å². The number of hydrogen-bond acceptors (Lipinski definition) is 4. The van der Waals surface area contributed by atoms with E-state index >= 15 is 0 Å². The molecule has 0 saturated carbocycles. The number of rotatable bonds is 2. The molecule has 0 heterocycles. The molecule has 11 heavy (non-hydrogen) atoms. The third-order valence-corrected chi connectivity index (χ3v) is 0.523. The van der Waals surface area contributed by atoms with E-state index in [9.17, 15) is 9.59 Å². The van der Waals surface area contributed by atoms with Gasteiger partial charge in [-0.05, 0) is 6.92 Å². The van der Waals surface area contributed by atoms with E-state index in [0.717, 1.165) is 0 Å². The molecule has 0 aromatic heterocycles. The number of aliphatic carboxylic acids is 1. The van der Waals surface area contributed by atoms with E-state index in [4.69, 9.17) is 15.0 Å². The molecule has 0 saturated heterocycles. The highest BCUT2D eigenvalue weighted by molar-refractivity contribution is 6.23. The molecule has 0 aromatic rings. The molecule has 0 rings (SSSR count). The van der Waals surface area contributed by atoms with Crippen molar-refractivity contribution >= 4 is 18.0 Å². The first-order chi connectivity index (χ1) is 4.91. The Bertz CT molecular complexity index is 149. The zero-order valence-electron chi connectivity index (χ0n) is 6.27. The number of carbonyl (C=O) groups excluding carboxylic acids is 2. The summed E-state index contributed by atoms with van der Waals surface area (Å²) >= 11 is 0. The fourth-order valence-corrected chi connectivity index (χ4v) is 0. The van der Waals surface area contributed by atoms with E-state index < -0.39 is 17.9 Å². The number of ketones is 1. The topological polar surface area (TPSA) is 91.7 Å². The number of carbonyl (C=O) groups is 3. The van der Waals surface area contributed by atoms with Crippen LogP contribution in [-0.2, 0) is 14.4 Å². The summed E-state index contributed by atoms with van der Waals surface area (Å²) in [5.74, 6) is -1.61. The van der Waals surface area contributed by atoms with Crippen molar-refractivity contribution in [1.29, 1.82) is 0 Å². The van der Waals surface area contributed by atoms with Crippen molar-refractivity contribution in [2.45, 2.75) is 20.0 Å². The van der Waals surface area contributed by atoms with Gasteiger partial charge in [-0.2, -0.15) is 0 Å². The smallest absolute Gasteiger partial charge is 0.332 e. The van der Waals surface area contributed by atoms with Crippen LogP contribution in [0.2, 0.25) is 0 Å². The Balaban J connectivity index is 0. The number of carboxylic acids is 1. The zero-order chi connectivity index (χ0) is 9.44. The molecule has 5 heteroatoms. The summed E-state index contributed by atoms with van der Waals surface area (Å²) in [4.78, 5) is 28.0. The molecule has 0 aliphatic heterocycles. The first-order valence-electron chi connectivity index (χ1n) is 2.78. The Hall–Kier alpha value is -1.23. The maximum atomic E-state index is 9.45. The average Bonchev–Trinajstić information content (AvgIpc) is 1.89. The van der Waals surface area contributed by atoms with Crippen LogP contribution in [0.5, 0.6) is 0 Å².